The highest BCUT2D eigenvalue weighted by atomic mass is 35.5. The van der Waals surface area contributed by atoms with E-state index in [2.05, 4.69) is 15.3 Å². The first kappa shape index (κ1) is 24.3. The van der Waals surface area contributed by atoms with Gasteiger partial charge in [-0.3, -0.25) is 4.79 Å². The molecule has 2 aliphatic heterocycles. The second-order valence-corrected chi connectivity index (χ2v) is 9.21. The van der Waals surface area contributed by atoms with Crippen LogP contribution in [0.15, 0.2) is 54.6 Å². The first-order chi connectivity index (χ1) is 17.3. The molecule has 1 aromatic heterocycles. The Kier molecular flexibility index (Phi) is 6.46. The van der Waals surface area contributed by atoms with Crippen molar-refractivity contribution < 1.29 is 22.7 Å². The first-order valence-electron chi connectivity index (χ1n) is 11.6. The monoisotopic (exact) mass is 519 g/mol. The van der Waals surface area contributed by atoms with Gasteiger partial charge in [-0.05, 0) is 29.8 Å². The zero-order chi connectivity index (χ0) is 25.4. The molecule has 0 radical (unpaired) electrons. The maximum atomic E-state index is 14.1. The topological polar surface area (TPSA) is 62.6 Å². The molecule has 0 bridgehead atoms. The number of carbonyl (C=O) groups excluding carboxylic acids is 1. The maximum Gasteiger partial charge on any atom is 0.410 e. The summed E-state index contributed by atoms with van der Waals surface area (Å²) in [4.78, 5) is 17.0. The number of amides is 1. The van der Waals surface area contributed by atoms with Crippen LogP contribution in [0.5, 0.6) is 5.75 Å². The molecule has 1 fully saturated rings. The predicted molar refractivity (Wildman–Crippen MR) is 131 cm³/mol. The van der Waals surface area contributed by atoms with Gasteiger partial charge in [0, 0.05) is 38.3 Å². The zero-order valence-corrected chi connectivity index (χ0v) is 20.3. The normalized spacial score (nSPS) is 20.0. The fraction of sp³-hybridized carbons (Fsp3) is 0.360. The fourth-order valence-electron chi connectivity index (χ4n) is 4.74. The molecule has 36 heavy (non-hydrogen) atoms. The molecule has 11 heteroatoms. The Morgan fingerprint density at radius 3 is 2.33 bits per heavy atom. The Labute approximate surface area is 211 Å². The van der Waals surface area contributed by atoms with Crippen molar-refractivity contribution >= 4 is 29.0 Å². The van der Waals surface area contributed by atoms with E-state index in [-0.39, 0.29) is 23.0 Å². The second-order valence-electron chi connectivity index (χ2n) is 8.83. The van der Waals surface area contributed by atoms with Crippen molar-refractivity contribution in [3.05, 3.63) is 70.9 Å². The summed E-state index contributed by atoms with van der Waals surface area (Å²) in [6.07, 6.45) is -4.86. The number of hydrogen-bond donors (Lipinski definition) is 1. The standard InChI is InChI=1S/C25H25ClF3N5O2/c1-36-18-9-7-16(8-10-18)19-15-20(25(27,28)29)34-23(30-19)21(26)22(31-34)24(35)33-13-11-32(12-14-33)17-5-3-2-4-6-17/h2-10,19-20,30H,11-15H2,1H3/t19-,20+/m1/s1. The number of nitrogens with one attached hydrogen (secondary N) is 1. The molecule has 5 rings (SSSR count). The molecule has 1 N–H and O–H groups in total. The van der Waals surface area contributed by atoms with Gasteiger partial charge in [0.2, 0.25) is 0 Å². The molecule has 0 unspecified atom stereocenters. The molecule has 0 spiro atoms. The summed E-state index contributed by atoms with van der Waals surface area (Å²) in [5.74, 6) is 0.126. The molecule has 1 saturated heterocycles. The van der Waals surface area contributed by atoms with E-state index in [0.29, 0.717) is 37.5 Å². The number of benzene rings is 2. The third kappa shape index (κ3) is 4.57. The van der Waals surface area contributed by atoms with Crippen LogP contribution in [0.4, 0.5) is 24.7 Å². The largest absolute Gasteiger partial charge is 0.497 e. The molecule has 2 atom stereocenters. The highest BCUT2D eigenvalue weighted by molar-refractivity contribution is 6.36. The van der Waals surface area contributed by atoms with Crippen molar-refractivity contribution in [2.75, 3.05) is 43.5 Å². The van der Waals surface area contributed by atoms with Crippen molar-refractivity contribution in [1.29, 1.82) is 0 Å². The molecular formula is C25H25ClF3N5O2. The van der Waals surface area contributed by atoms with Crippen LogP contribution >= 0.6 is 11.6 Å². The quantitative estimate of drug-likeness (QED) is 0.515. The van der Waals surface area contributed by atoms with E-state index in [1.54, 1.807) is 29.2 Å². The van der Waals surface area contributed by atoms with Gasteiger partial charge in [-0.1, -0.05) is 41.9 Å². The van der Waals surface area contributed by atoms with Gasteiger partial charge in [0.05, 0.1) is 13.2 Å². The SMILES string of the molecule is COc1ccc([C@H]2C[C@@H](C(F)(F)F)n3nc(C(=O)N4CCN(c5ccccc5)CC4)c(Cl)c3N2)cc1. The van der Waals surface area contributed by atoms with E-state index in [1.165, 1.54) is 7.11 Å². The summed E-state index contributed by atoms with van der Waals surface area (Å²) in [5.41, 5.74) is 1.54. The number of alkyl halides is 3. The minimum Gasteiger partial charge on any atom is -0.497 e. The summed E-state index contributed by atoms with van der Waals surface area (Å²) in [5, 5.41) is 7.06. The molecule has 3 aromatic rings. The molecule has 2 aliphatic rings. The van der Waals surface area contributed by atoms with Crippen LogP contribution in [0, 0.1) is 0 Å². The van der Waals surface area contributed by atoms with Crippen molar-refractivity contribution in [3.8, 4) is 5.75 Å². The minimum atomic E-state index is -4.57. The molecular weight excluding hydrogens is 495 g/mol. The number of aromatic nitrogens is 2. The Balaban J connectivity index is 1.39. The van der Waals surface area contributed by atoms with E-state index < -0.39 is 24.2 Å². The summed E-state index contributed by atoms with van der Waals surface area (Å²) in [6, 6.07) is 14.1. The van der Waals surface area contributed by atoms with Crippen molar-refractivity contribution in [2.45, 2.75) is 24.7 Å². The third-order valence-corrected chi connectivity index (χ3v) is 7.06. The number of para-hydroxylation sites is 1. The number of methoxy groups -OCH3 is 1. The van der Waals surface area contributed by atoms with Crippen LogP contribution in [0.3, 0.4) is 0 Å². The lowest BCUT2D eigenvalue weighted by atomic mass is 9.97. The number of rotatable bonds is 4. The van der Waals surface area contributed by atoms with Crippen molar-refractivity contribution in [1.82, 2.24) is 14.7 Å². The van der Waals surface area contributed by atoms with E-state index in [0.717, 1.165) is 10.4 Å². The molecule has 3 heterocycles. The predicted octanol–water partition coefficient (Wildman–Crippen LogP) is 5.17. The van der Waals surface area contributed by atoms with Gasteiger partial charge in [-0.2, -0.15) is 18.3 Å². The Bertz CT molecular complexity index is 1220. The van der Waals surface area contributed by atoms with Gasteiger partial charge in [0.1, 0.15) is 16.6 Å². The number of carbonyl (C=O) groups is 1. The zero-order valence-electron chi connectivity index (χ0n) is 19.5. The average Bonchev–Trinajstić information content (AvgIpc) is 3.24. The highest BCUT2D eigenvalue weighted by Crippen LogP contribution is 2.46. The van der Waals surface area contributed by atoms with Gasteiger partial charge in [0.15, 0.2) is 11.7 Å². The number of piperazine rings is 1. The minimum absolute atomic E-state index is 0.00247. The van der Waals surface area contributed by atoms with E-state index >= 15 is 0 Å². The van der Waals surface area contributed by atoms with Crippen LogP contribution in [-0.2, 0) is 0 Å². The molecule has 1 amide bonds. The summed E-state index contributed by atoms with van der Waals surface area (Å²) >= 11 is 6.51. The molecule has 0 saturated carbocycles. The summed E-state index contributed by atoms with van der Waals surface area (Å²) in [6.45, 7) is 2.03. The highest BCUT2D eigenvalue weighted by Gasteiger charge is 2.48. The second kappa shape index (κ2) is 9.57. The average molecular weight is 520 g/mol. The smallest absolute Gasteiger partial charge is 0.410 e. The lowest BCUT2D eigenvalue weighted by Crippen LogP contribution is -2.49. The van der Waals surface area contributed by atoms with Crippen LogP contribution in [-0.4, -0.2) is 60.1 Å². The van der Waals surface area contributed by atoms with Gasteiger partial charge >= 0.3 is 6.18 Å². The van der Waals surface area contributed by atoms with Crippen LogP contribution in [0.2, 0.25) is 5.02 Å². The Hall–Kier alpha value is -3.40. The molecule has 7 nitrogen and oxygen atoms in total. The number of ether oxygens (including phenoxy) is 1. The van der Waals surface area contributed by atoms with Crippen molar-refractivity contribution in [3.63, 3.8) is 0 Å². The third-order valence-electron chi connectivity index (χ3n) is 6.70. The van der Waals surface area contributed by atoms with Crippen molar-refractivity contribution in [2.24, 2.45) is 0 Å². The van der Waals surface area contributed by atoms with E-state index in [1.807, 2.05) is 30.3 Å². The summed E-state index contributed by atoms with van der Waals surface area (Å²) in [7, 11) is 1.52. The van der Waals surface area contributed by atoms with E-state index in [4.69, 9.17) is 16.3 Å². The fourth-order valence-corrected chi connectivity index (χ4v) is 5.00. The molecule has 0 aliphatic carbocycles. The number of nitrogens with zero attached hydrogens (tertiary/aromatic N) is 4. The van der Waals surface area contributed by atoms with Crippen LogP contribution in [0.25, 0.3) is 0 Å². The number of hydrogen-bond acceptors (Lipinski definition) is 5. The van der Waals surface area contributed by atoms with Gasteiger partial charge in [-0.25, -0.2) is 4.68 Å². The first-order valence-corrected chi connectivity index (χ1v) is 12.0. The molecule has 190 valence electrons. The van der Waals surface area contributed by atoms with Gasteiger partial charge < -0.3 is 19.9 Å². The van der Waals surface area contributed by atoms with Gasteiger partial charge in [-0.15, -0.1) is 0 Å². The van der Waals surface area contributed by atoms with E-state index in [9.17, 15) is 18.0 Å². The lowest BCUT2D eigenvalue weighted by molar-refractivity contribution is -0.173. The summed E-state index contributed by atoms with van der Waals surface area (Å²) < 4.78 is 48.2. The molecule has 2 aromatic carbocycles. The maximum absolute atomic E-state index is 14.1. The van der Waals surface area contributed by atoms with Crippen LogP contribution in [0.1, 0.15) is 34.6 Å². The lowest BCUT2D eigenvalue weighted by Gasteiger charge is -2.35. The Morgan fingerprint density at radius 2 is 1.72 bits per heavy atom. The number of fused-ring (bicyclic) bond motifs is 1. The van der Waals surface area contributed by atoms with Crippen LogP contribution < -0.4 is 15.0 Å². The Morgan fingerprint density at radius 1 is 1.06 bits per heavy atom. The number of halogens is 4. The van der Waals surface area contributed by atoms with Gasteiger partial charge in [0.25, 0.3) is 5.91 Å². The number of anilines is 2.